The first-order valence-corrected chi connectivity index (χ1v) is 6.89. The monoisotopic (exact) mass is 349 g/mol. The number of rotatable bonds is 6. The topological polar surface area (TPSA) is 125 Å². The van der Waals surface area contributed by atoms with E-state index < -0.39 is 33.9 Å². The van der Waals surface area contributed by atoms with E-state index in [9.17, 15) is 29.4 Å². The minimum atomic E-state index is -0.861. The molecule has 2 rings (SSSR count). The van der Waals surface area contributed by atoms with Gasteiger partial charge in [0.05, 0.1) is 15.5 Å². The van der Waals surface area contributed by atoms with Crippen LogP contribution in [-0.2, 0) is 4.79 Å². The molecule has 0 unspecified atom stereocenters. The number of carbonyl (C=O) groups excluding carboxylic acids is 1. The maximum absolute atomic E-state index is 13.6. The van der Waals surface area contributed by atoms with Crippen molar-refractivity contribution in [2.45, 2.75) is 6.92 Å². The Bertz CT molecular complexity index is 855. The Hall–Kier alpha value is -3.56. The summed E-state index contributed by atoms with van der Waals surface area (Å²) in [5.74, 6) is -1.80. The van der Waals surface area contributed by atoms with E-state index in [0.717, 1.165) is 18.2 Å². The molecule has 0 saturated heterocycles. The van der Waals surface area contributed by atoms with Crippen LogP contribution in [0.25, 0.3) is 0 Å². The second-order valence-corrected chi connectivity index (χ2v) is 4.99. The van der Waals surface area contributed by atoms with Crippen LogP contribution in [-0.4, -0.2) is 22.4 Å². The molecule has 0 heterocycles. The second-order valence-electron chi connectivity index (χ2n) is 4.99. The summed E-state index contributed by atoms with van der Waals surface area (Å²) >= 11 is 0. The summed E-state index contributed by atoms with van der Waals surface area (Å²) in [6.07, 6.45) is 0. The number of nitro groups is 2. The van der Waals surface area contributed by atoms with Crippen molar-refractivity contribution in [3.8, 4) is 5.75 Å². The molecule has 0 aromatic heterocycles. The minimum Gasteiger partial charge on any atom is -0.477 e. The predicted octanol–water partition coefficient (Wildman–Crippen LogP) is 2.97. The fraction of sp³-hybridized carbons (Fsp3) is 0.133. The fourth-order valence-electron chi connectivity index (χ4n) is 1.94. The van der Waals surface area contributed by atoms with Gasteiger partial charge in [-0.3, -0.25) is 25.0 Å². The largest absolute Gasteiger partial charge is 0.477 e. The maximum Gasteiger partial charge on any atom is 0.310 e. The van der Waals surface area contributed by atoms with Gasteiger partial charge < -0.3 is 10.1 Å². The molecular formula is C15H12FN3O6. The minimum absolute atomic E-state index is 0.111. The lowest BCUT2D eigenvalue weighted by molar-refractivity contribution is -0.385. The van der Waals surface area contributed by atoms with E-state index in [1.807, 2.05) is 0 Å². The number of aryl methyl sites for hydroxylation is 1. The number of halogens is 1. The van der Waals surface area contributed by atoms with E-state index in [-0.39, 0.29) is 17.1 Å². The molecule has 0 aliphatic rings. The van der Waals surface area contributed by atoms with Crippen molar-refractivity contribution in [2.24, 2.45) is 0 Å². The number of hydrogen-bond acceptors (Lipinski definition) is 6. The van der Waals surface area contributed by atoms with Crippen LogP contribution in [0.5, 0.6) is 5.75 Å². The molecular weight excluding hydrogens is 337 g/mol. The van der Waals surface area contributed by atoms with Gasteiger partial charge in [-0.15, -0.1) is 0 Å². The quantitative estimate of drug-likeness (QED) is 0.631. The molecule has 0 spiro atoms. The van der Waals surface area contributed by atoms with Crippen LogP contribution in [0.15, 0.2) is 36.4 Å². The smallest absolute Gasteiger partial charge is 0.310 e. The summed E-state index contributed by atoms with van der Waals surface area (Å²) in [4.78, 5) is 32.1. The first-order chi connectivity index (χ1) is 11.8. The molecule has 25 heavy (non-hydrogen) atoms. The zero-order chi connectivity index (χ0) is 18.6. The summed E-state index contributed by atoms with van der Waals surface area (Å²) in [7, 11) is 0. The Balaban J connectivity index is 2.09. The number of ether oxygens (including phenoxy) is 1. The number of carbonyl (C=O) groups is 1. The highest BCUT2D eigenvalue weighted by molar-refractivity contribution is 5.92. The van der Waals surface area contributed by atoms with E-state index in [1.54, 1.807) is 6.92 Å². The van der Waals surface area contributed by atoms with Gasteiger partial charge >= 0.3 is 5.69 Å². The molecule has 0 bridgehead atoms. The van der Waals surface area contributed by atoms with Gasteiger partial charge in [-0.05, 0) is 24.6 Å². The molecule has 0 aliphatic carbocycles. The lowest BCUT2D eigenvalue weighted by Crippen LogP contribution is -2.21. The summed E-state index contributed by atoms with van der Waals surface area (Å²) < 4.78 is 18.7. The van der Waals surface area contributed by atoms with E-state index >= 15 is 0 Å². The molecule has 9 nitrogen and oxygen atoms in total. The van der Waals surface area contributed by atoms with E-state index in [4.69, 9.17) is 4.74 Å². The third kappa shape index (κ3) is 4.47. The second kappa shape index (κ2) is 7.34. The SMILES string of the molecule is Cc1ccc([N+](=O)[O-])c(OCC(=O)Nc2cc([N+](=O)[O-])ccc2F)c1. The van der Waals surface area contributed by atoms with Crippen LogP contribution in [0.2, 0.25) is 0 Å². The number of nitro benzene ring substituents is 2. The maximum atomic E-state index is 13.6. The summed E-state index contributed by atoms with van der Waals surface area (Å²) in [5.41, 5.74) is -0.417. The predicted molar refractivity (Wildman–Crippen MR) is 85.0 cm³/mol. The molecule has 1 N–H and O–H groups in total. The summed E-state index contributed by atoms with van der Waals surface area (Å²) in [6.45, 7) is 1.06. The number of nitrogens with zero attached hydrogens (tertiary/aromatic N) is 2. The van der Waals surface area contributed by atoms with Gasteiger partial charge in [-0.2, -0.15) is 0 Å². The van der Waals surface area contributed by atoms with E-state index in [0.29, 0.717) is 5.56 Å². The Morgan fingerprint density at radius 1 is 1.16 bits per heavy atom. The van der Waals surface area contributed by atoms with Crippen LogP contribution in [0, 0.1) is 33.0 Å². The molecule has 1 amide bonds. The molecule has 10 heteroatoms. The van der Waals surface area contributed by atoms with Crippen molar-refractivity contribution < 1.29 is 23.8 Å². The molecule has 130 valence electrons. The standard InChI is InChI=1S/C15H12FN3O6/c1-9-2-5-13(19(23)24)14(6-9)25-8-15(20)17-12-7-10(18(21)22)3-4-11(12)16/h2-7H,8H2,1H3,(H,17,20). The van der Waals surface area contributed by atoms with Crippen LogP contribution in [0.3, 0.4) is 0 Å². The van der Waals surface area contributed by atoms with Crippen molar-refractivity contribution in [1.29, 1.82) is 0 Å². The van der Waals surface area contributed by atoms with Crippen LogP contribution in [0.4, 0.5) is 21.5 Å². The third-order valence-electron chi connectivity index (χ3n) is 3.11. The zero-order valence-corrected chi connectivity index (χ0v) is 12.9. The normalized spacial score (nSPS) is 10.2. The summed E-state index contributed by atoms with van der Waals surface area (Å²) in [6, 6.07) is 6.81. The highest BCUT2D eigenvalue weighted by Gasteiger charge is 2.17. The van der Waals surface area contributed by atoms with Gasteiger partial charge in [0.25, 0.3) is 11.6 Å². The third-order valence-corrected chi connectivity index (χ3v) is 3.11. The molecule has 2 aromatic carbocycles. The molecule has 0 atom stereocenters. The van der Waals surface area contributed by atoms with Crippen molar-refractivity contribution in [3.05, 3.63) is 68.0 Å². The number of benzene rings is 2. The lowest BCUT2D eigenvalue weighted by Gasteiger charge is -2.09. The first kappa shape index (κ1) is 17.8. The number of anilines is 1. The average Bonchev–Trinajstić information content (AvgIpc) is 2.54. The van der Waals surface area contributed by atoms with E-state index in [2.05, 4.69) is 5.32 Å². The van der Waals surface area contributed by atoms with Gasteiger partial charge in [0.15, 0.2) is 12.4 Å². The Morgan fingerprint density at radius 3 is 2.52 bits per heavy atom. The van der Waals surface area contributed by atoms with Gasteiger partial charge in [0.2, 0.25) is 0 Å². The molecule has 2 aromatic rings. The average molecular weight is 349 g/mol. The van der Waals surface area contributed by atoms with Crippen molar-refractivity contribution in [3.63, 3.8) is 0 Å². The number of non-ortho nitro benzene ring substituents is 1. The molecule has 0 aliphatic heterocycles. The number of hydrogen-bond donors (Lipinski definition) is 1. The zero-order valence-electron chi connectivity index (χ0n) is 12.9. The van der Waals surface area contributed by atoms with E-state index in [1.165, 1.54) is 18.2 Å². The van der Waals surface area contributed by atoms with Gasteiger partial charge in [-0.1, -0.05) is 6.07 Å². The van der Waals surface area contributed by atoms with Crippen LogP contribution in [0.1, 0.15) is 5.56 Å². The van der Waals surface area contributed by atoms with Crippen molar-refractivity contribution in [1.82, 2.24) is 0 Å². The Morgan fingerprint density at radius 2 is 1.88 bits per heavy atom. The molecule has 0 saturated carbocycles. The first-order valence-electron chi connectivity index (χ1n) is 6.89. The Labute approximate surface area is 140 Å². The Kier molecular flexibility index (Phi) is 5.22. The van der Waals surface area contributed by atoms with Crippen LogP contribution >= 0.6 is 0 Å². The van der Waals surface area contributed by atoms with Crippen molar-refractivity contribution >= 4 is 23.0 Å². The van der Waals surface area contributed by atoms with Gasteiger partial charge in [-0.25, -0.2) is 4.39 Å². The number of amides is 1. The van der Waals surface area contributed by atoms with Gasteiger partial charge in [0.1, 0.15) is 5.82 Å². The van der Waals surface area contributed by atoms with Gasteiger partial charge in [0, 0.05) is 18.2 Å². The highest BCUT2D eigenvalue weighted by Crippen LogP contribution is 2.28. The lowest BCUT2D eigenvalue weighted by atomic mass is 10.2. The molecule has 0 radical (unpaired) electrons. The van der Waals surface area contributed by atoms with Crippen molar-refractivity contribution in [2.75, 3.05) is 11.9 Å². The fourth-order valence-corrected chi connectivity index (χ4v) is 1.94. The molecule has 0 fully saturated rings. The number of nitrogens with one attached hydrogen (secondary N) is 1. The summed E-state index contributed by atoms with van der Waals surface area (Å²) in [5, 5.41) is 23.7. The van der Waals surface area contributed by atoms with Crippen LogP contribution < -0.4 is 10.1 Å². The highest BCUT2D eigenvalue weighted by atomic mass is 19.1.